The number of ether oxygens (including phenoxy) is 2. The molecule has 2 aliphatic heterocycles. The predicted molar refractivity (Wildman–Crippen MR) is 80.0 cm³/mol. The third-order valence-corrected chi connectivity index (χ3v) is 5.51. The van der Waals surface area contributed by atoms with Crippen LogP contribution in [-0.4, -0.2) is 30.1 Å². The van der Waals surface area contributed by atoms with Crippen LogP contribution >= 0.6 is 0 Å². The molecule has 2 saturated heterocycles. The van der Waals surface area contributed by atoms with Crippen molar-refractivity contribution in [1.29, 1.82) is 0 Å². The minimum absolute atomic E-state index is 0.118. The lowest BCUT2D eigenvalue weighted by Gasteiger charge is -2.41. The van der Waals surface area contributed by atoms with Crippen molar-refractivity contribution < 1.29 is 41.8 Å². The summed E-state index contributed by atoms with van der Waals surface area (Å²) in [6.45, 7) is 1.69. The minimum Gasteiger partial charge on any atom is -0.393 e. The molecular formula is C18H13F3O6. The number of carbonyl (C=O) groups excluding carboxylic acids is 4. The zero-order valence-electron chi connectivity index (χ0n) is 13.9. The predicted octanol–water partition coefficient (Wildman–Crippen LogP) is 2.14. The lowest BCUT2D eigenvalue weighted by molar-refractivity contribution is -0.205. The smallest absolute Gasteiger partial charge is 0.393 e. The molecule has 1 aliphatic carbocycles. The lowest BCUT2D eigenvalue weighted by atomic mass is 9.60. The minimum atomic E-state index is -4.90. The van der Waals surface area contributed by atoms with Gasteiger partial charge in [0.15, 0.2) is 0 Å². The molecule has 1 aromatic carbocycles. The molecule has 142 valence electrons. The Labute approximate surface area is 150 Å². The largest absolute Gasteiger partial charge is 0.393 e. The van der Waals surface area contributed by atoms with Gasteiger partial charge in [-0.3, -0.25) is 19.2 Å². The highest BCUT2D eigenvalue weighted by Gasteiger charge is 2.65. The Morgan fingerprint density at radius 1 is 0.926 bits per heavy atom. The van der Waals surface area contributed by atoms with Crippen LogP contribution in [-0.2, 0) is 28.7 Å². The first-order valence-corrected chi connectivity index (χ1v) is 8.27. The third kappa shape index (κ3) is 2.55. The van der Waals surface area contributed by atoms with Gasteiger partial charge in [0.05, 0.1) is 30.1 Å². The molecule has 2 heterocycles. The molecule has 0 N–H and O–H groups in total. The van der Waals surface area contributed by atoms with Gasteiger partial charge in [0.2, 0.25) is 0 Å². The molecule has 0 spiro atoms. The monoisotopic (exact) mass is 382 g/mol. The summed E-state index contributed by atoms with van der Waals surface area (Å²) in [5, 5.41) is 0. The number of carbonyl (C=O) groups is 4. The molecular weight excluding hydrogens is 369 g/mol. The van der Waals surface area contributed by atoms with Crippen LogP contribution in [0.15, 0.2) is 18.2 Å². The third-order valence-electron chi connectivity index (χ3n) is 5.51. The van der Waals surface area contributed by atoms with Crippen molar-refractivity contribution in [2.45, 2.75) is 31.4 Å². The SMILES string of the molecule is Cc1ccc2c(c1)C1C(=O)OC(=O)C1C(C(F)(F)F)C2C1CC(=O)OC1=O. The molecule has 3 aliphatic rings. The van der Waals surface area contributed by atoms with Crippen molar-refractivity contribution in [2.24, 2.45) is 17.8 Å². The number of hydrogen-bond donors (Lipinski definition) is 0. The second-order valence-electron chi connectivity index (χ2n) is 7.07. The number of benzene rings is 1. The molecule has 5 unspecified atom stereocenters. The Kier molecular flexibility index (Phi) is 3.70. The van der Waals surface area contributed by atoms with Crippen molar-refractivity contribution in [3.05, 3.63) is 34.9 Å². The number of halogens is 3. The van der Waals surface area contributed by atoms with Gasteiger partial charge < -0.3 is 9.47 Å². The van der Waals surface area contributed by atoms with E-state index in [2.05, 4.69) is 9.47 Å². The van der Waals surface area contributed by atoms with Crippen LogP contribution in [0.5, 0.6) is 0 Å². The number of fused-ring (bicyclic) bond motifs is 3. The van der Waals surface area contributed by atoms with E-state index < -0.39 is 66.1 Å². The van der Waals surface area contributed by atoms with Crippen LogP contribution in [0.3, 0.4) is 0 Å². The van der Waals surface area contributed by atoms with Gasteiger partial charge in [0.25, 0.3) is 0 Å². The normalized spacial score (nSPS) is 32.8. The second-order valence-corrected chi connectivity index (χ2v) is 7.07. The van der Waals surface area contributed by atoms with E-state index in [4.69, 9.17) is 0 Å². The first-order chi connectivity index (χ1) is 12.6. The van der Waals surface area contributed by atoms with Crippen molar-refractivity contribution in [3.63, 3.8) is 0 Å². The Morgan fingerprint density at radius 2 is 1.63 bits per heavy atom. The molecule has 2 fully saturated rings. The molecule has 4 rings (SSSR count). The summed E-state index contributed by atoms with van der Waals surface area (Å²) < 4.78 is 51.1. The summed E-state index contributed by atoms with van der Waals surface area (Å²) in [5.41, 5.74) is 1.02. The fraction of sp³-hybridized carbons (Fsp3) is 0.444. The number of cyclic esters (lactones) is 4. The average molecular weight is 382 g/mol. The molecule has 9 heteroatoms. The topological polar surface area (TPSA) is 86.7 Å². The van der Waals surface area contributed by atoms with Gasteiger partial charge in [-0.2, -0.15) is 13.2 Å². The maximum Gasteiger partial charge on any atom is 0.393 e. The van der Waals surface area contributed by atoms with Crippen LogP contribution in [0.2, 0.25) is 0 Å². The number of alkyl halides is 3. The van der Waals surface area contributed by atoms with Crippen LogP contribution in [0.25, 0.3) is 0 Å². The van der Waals surface area contributed by atoms with E-state index >= 15 is 0 Å². The van der Waals surface area contributed by atoms with E-state index in [0.29, 0.717) is 5.56 Å². The van der Waals surface area contributed by atoms with Crippen molar-refractivity contribution in [2.75, 3.05) is 0 Å². The number of hydrogen-bond acceptors (Lipinski definition) is 6. The average Bonchev–Trinajstić information content (AvgIpc) is 3.03. The summed E-state index contributed by atoms with van der Waals surface area (Å²) in [6, 6.07) is 4.49. The van der Waals surface area contributed by atoms with Gasteiger partial charge in [-0.25, -0.2) is 0 Å². The highest BCUT2D eigenvalue weighted by molar-refractivity contribution is 6.01. The molecule has 0 bridgehead atoms. The Hall–Kier alpha value is -2.71. The summed E-state index contributed by atoms with van der Waals surface area (Å²) in [5.74, 6) is -12.7. The van der Waals surface area contributed by atoms with Crippen LogP contribution < -0.4 is 0 Å². The van der Waals surface area contributed by atoms with E-state index in [1.807, 2.05) is 0 Å². The first kappa shape index (κ1) is 17.7. The Morgan fingerprint density at radius 3 is 2.22 bits per heavy atom. The Bertz CT molecular complexity index is 890. The van der Waals surface area contributed by atoms with E-state index in [9.17, 15) is 32.3 Å². The maximum atomic E-state index is 14.0. The molecule has 5 atom stereocenters. The van der Waals surface area contributed by atoms with Gasteiger partial charge in [-0.05, 0) is 18.1 Å². The molecule has 1 aromatic rings. The van der Waals surface area contributed by atoms with Crippen molar-refractivity contribution in [1.82, 2.24) is 0 Å². The van der Waals surface area contributed by atoms with Gasteiger partial charge in [0.1, 0.15) is 0 Å². The molecule has 0 aromatic heterocycles. The standard InChI is InChI=1S/C18H13F3O6/c1-6-2-3-7-8(4-6)12-13(17(25)27-16(12)24)14(18(19,20)21)11(7)9-5-10(22)26-15(9)23/h2-4,9,11-14H,5H2,1H3. The second kappa shape index (κ2) is 5.64. The van der Waals surface area contributed by atoms with Crippen LogP contribution in [0, 0.1) is 24.7 Å². The first-order valence-electron chi connectivity index (χ1n) is 8.27. The van der Waals surface area contributed by atoms with E-state index in [1.54, 1.807) is 13.0 Å². The highest BCUT2D eigenvalue weighted by Crippen LogP contribution is 2.58. The van der Waals surface area contributed by atoms with Gasteiger partial charge in [0, 0.05) is 5.92 Å². The van der Waals surface area contributed by atoms with Crippen molar-refractivity contribution >= 4 is 23.9 Å². The number of aryl methyl sites for hydroxylation is 1. The lowest BCUT2D eigenvalue weighted by Crippen LogP contribution is -2.46. The van der Waals surface area contributed by atoms with Gasteiger partial charge >= 0.3 is 30.1 Å². The van der Waals surface area contributed by atoms with Gasteiger partial charge in [-0.1, -0.05) is 23.8 Å². The zero-order valence-corrected chi connectivity index (χ0v) is 13.9. The van der Waals surface area contributed by atoms with Gasteiger partial charge in [-0.15, -0.1) is 0 Å². The fourth-order valence-electron chi connectivity index (χ4n) is 4.51. The van der Waals surface area contributed by atoms with Crippen LogP contribution in [0.4, 0.5) is 13.2 Å². The van der Waals surface area contributed by atoms with Crippen LogP contribution in [0.1, 0.15) is 34.9 Å². The molecule has 27 heavy (non-hydrogen) atoms. The zero-order chi connectivity index (χ0) is 19.7. The maximum absolute atomic E-state index is 14.0. The van der Waals surface area contributed by atoms with E-state index in [1.165, 1.54) is 12.1 Å². The molecule has 6 nitrogen and oxygen atoms in total. The number of rotatable bonds is 1. The quantitative estimate of drug-likeness (QED) is 0.546. The van der Waals surface area contributed by atoms with E-state index in [0.717, 1.165) is 0 Å². The number of esters is 4. The molecule has 0 radical (unpaired) electrons. The summed E-state index contributed by atoms with van der Waals surface area (Å²) in [6.07, 6.45) is -5.41. The fourth-order valence-corrected chi connectivity index (χ4v) is 4.51. The Balaban J connectivity index is 1.97. The molecule has 0 amide bonds. The summed E-state index contributed by atoms with van der Waals surface area (Å²) >= 11 is 0. The summed E-state index contributed by atoms with van der Waals surface area (Å²) in [7, 11) is 0. The highest BCUT2D eigenvalue weighted by atomic mass is 19.4. The van der Waals surface area contributed by atoms with Crippen molar-refractivity contribution in [3.8, 4) is 0 Å². The summed E-state index contributed by atoms with van der Waals surface area (Å²) in [4.78, 5) is 47.9. The van der Waals surface area contributed by atoms with E-state index in [-0.39, 0.29) is 11.1 Å². The molecule has 0 saturated carbocycles.